The van der Waals surface area contributed by atoms with Gasteiger partial charge in [0.1, 0.15) is 16.5 Å². The molecule has 2 N–H and O–H groups in total. The summed E-state index contributed by atoms with van der Waals surface area (Å²) < 4.78 is 10.8. The molecule has 0 aliphatic heterocycles. The summed E-state index contributed by atoms with van der Waals surface area (Å²) in [4.78, 5) is 29.6. The molecular formula is C27H25N3O4S. The molecule has 0 unspecified atom stereocenters. The second-order valence-electron chi connectivity index (χ2n) is 7.56. The molecule has 0 aliphatic rings. The number of anilines is 2. The van der Waals surface area contributed by atoms with E-state index in [1.807, 2.05) is 36.6 Å². The lowest BCUT2D eigenvalue weighted by Crippen LogP contribution is -2.15. The summed E-state index contributed by atoms with van der Waals surface area (Å²) in [5.74, 6) is 1.06. The second kappa shape index (κ2) is 11.3. The number of carbonyl (C=O) groups excluding carboxylic acids is 2. The van der Waals surface area contributed by atoms with Gasteiger partial charge in [-0.25, -0.2) is 4.98 Å². The van der Waals surface area contributed by atoms with Crippen LogP contribution in [0, 0.1) is 0 Å². The number of nitrogens with zero attached hydrogens (tertiary/aromatic N) is 1. The molecule has 0 atom stereocenters. The molecule has 8 heteroatoms. The van der Waals surface area contributed by atoms with E-state index in [1.54, 1.807) is 55.6 Å². The summed E-state index contributed by atoms with van der Waals surface area (Å²) in [5, 5.41) is 8.38. The van der Waals surface area contributed by atoms with E-state index in [4.69, 9.17) is 9.47 Å². The Labute approximate surface area is 207 Å². The number of hydrogen-bond acceptors (Lipinski definition) is 6. The van der Waals surface area contributed by atoms with Crippen molar-refractivity contribution in [3.8, 4) is 22.1 Å². The van der Waals surface area contributed by atoms with Crippen molar-refractivity contribution in [3.05, 3.63) is 89.4 Å². The van der Waals surface area contributed by atoms with Gasteiger partial charge < -0.3 is 20.1 Å². The quantitative estimate of drug-likeness (QED) is 0.318. The smallest absolute Gasteiger partial charge is 0.255 e. The van der Waals surface area contributed by atoms with Crippen LogP contribution in [0.4, 0.5) is 11.4 Å². The average molecular weight is 488 g/mol. The summed E-state index contributed by atoms with van der Waals surface area (Å²) in [7, 11) is 1.59. The van der Waals surface area contributed by atoms with Crippen molar-refractivity contribution in [3.63, 3.8) is 0 Å². The van der Waals surface area contributed by atoms with Gasteiger partial charge >= 0.3 is 0 Å². The highest BCUT2D eigenvalue weighted by atomic mass is 32.1. The van der Waals surface area contributed by atoms with Crippen molar-refractivity contribution in [2.45, 2.75) is 13.3 Å². The number of hydrogen-bond donors (Lipinski definition) is 2. The number of methoxy groups -OCH3 is 1. The lowest BCUT2D eigenvalue weighted by Gasteiger charge is -2.08. The predicted octanol–water partition coefficient (Wildman–Crippen LogP) is 5.65. The van der Waals surface area contributed by atoms with E-state index in [0.29, 0.717) is 35.0 Å². The highest BCUT2D eigenvalue weighted by molar-refractivity contribution is 7.13. The number of rotatable bonds is 9. The summed E-state index contributed by atoms with van der Waals surface area (Å²) in [5.41, 5.74) is 3.35. The molecule has 178 valence electrons. The SMILES string of the molecule is CCOc1ccccc1-c1nc(CC(=O)Nc2ccc(C(=O)Nc3ccc(OC)cc3)cc2)cs1. The largest absolute Gasteiger partial charge is 0.497 e. The fraction of sp³-hybridized carbons (Fsp3) is 0.148. The maximum absolute atomic E-state index is 12.5. The van der Waals surface area contributed by atoms with Crippen LogP contribution >= 0.6 is 11.3 Å². The predicted molar refractivity (Wildman–Crippen MR) is 138 cm³/mol. The Balaban J connectivity index is 1.34. The number of carbonyl (C=O) groups is 2. The number of ether oxygens (including phenoxy) is 2. The number of para-hydroxylation sites is 1. The summed E-state index contributed by atoms with van der Waals surface area (Å²) >= 11 is 1.48. The molecule has 7 nitrogen and oxygen atoms in total. The Morgan fingerprint density at radius 2 is 1.60 bits per heavy atom. The van der Waals surface area contributed by atoms with E-state index < -0.39 is 0 Å². The molecule has 0 saturated heterocycles. The van der Waals surface area contributed by atoms with Crippen molar-refractivity contribution in [1.29, 1.82) is 0 Å². The zero-order chi connectivity index (χ0) is 24.6. The minimum Gasteiger partial charge on any atom is -0.497 e. The third kappa shape index (κ3) is 6.24. The van der Waals surface area contributed by atoms with E-state index in [-0.39, 0.29) is 18.2 Å². The molecule has 0 saturated carbocycles. The Kier molecular flexibility index (Phi) is 7.74. The maximum atomic E-state index is 12.5. The number of thiazole rings is 1. The van der Waals surface area contributed by atoms with Crippen LogP contribution in [-0.4, -0.2) is 30.5 Å². The van der Waals surface area contributed by atoms with Crippen LogP contribution in [0.25, 0.3) is 10.6 Å². The van der Waals surface area contributed by atoms with Crippen molar-refractivity contribution in [2.75, 3.05) is 24.4 Å². The fourth-order valence-corrected chi connectivity index (χ4v) is 4.24. The third-order valence-electron chi connectivity index (χ3n) is 5.09. The van der Waals surface area contributed by atoms with Gasteiger partial charge in [0.25, 0.3) is 5.91 Å². The average Bonchev–Trinajstić information content (AvgIpc) is 3.33. The second-order valence-corrected chi connectivity index (χ2v) is 8.42. The maximum Gasteiger partial charge on any atom is 0.255 e. The first kappa shape index (κ1) is 24.0. The normalized spacial score (nSPS) is 10.5. The van der Waals surface area contributed by atoms with Crippen molar-refractivity contribution >= 4 is 34.5 Å². The molecule has 2 amide bonds. The Bertz CT molecular complexity index is 1300. The molecule has 3 aromatic carbocycles. The number of aromatic nitrogens is 1. The van der Waals surface area contributed by atoms with E-state index >= 15 is 0 Å². The molecule has 1 aromatic heterocycles. The van der Waals surface area contributed by atoms with Gasteiger partial charge in [0, 0.05) is 22.3 Å². The van der Waals surface area contributed by atoms with Crippen LogP contribution in [0.2, 0.25) is 0 Å². The molecule has 35 heavy (non-hydrogen) atoms. The first-order valence-electron chi connectivity index (χ1n) is 11.1. The molecule has 1 heterocycles. The summed E-state index contributed by atoms with van der Waals surface area (Å²) in [6, 6.07) is 21.5. The van der Waals surface area contributed by atoms with Gasteiger partial charge in [0.15, 0.2) is 0 Å². The minimum atomic E-state index is -0.240. The zero-order valence-corrected chi connectivity index (χ0v) is 20.2. The van der Waals surface area contributed by atoms with Crippen LogP contribution in [-0.2, 0) is 11.2 Å². The van der Waals surface area contributed by atoms with Gasteiger partial charge in [-0.15, -0.1) is 11.3 Å². The van der Waals surface area contributed by atoms with E-state index in [1.165, 1.54) is 11.3 Å². The van der Waals surface area contributed by atoms with Crippen LogP contribution in [0.1, 0.15) is 23.0 Å². The van der Waals surface area contributed by atoms with Crippen molar-refractivity contribution < 1.29 is 19.1 Å². The topological polar surface area (TPSA) is 89.5 Å². The highest BCUT2D eigenvalue weighted by Crippen LogP contribution is 2.32. The zero-order valence-electron chi connectivity index (χ0n) is 19.4. The molecule has 0 spiro atoms. The first-order chi connectivity index (χ1) is 17.1. The van der Waals surface area contributed by atoms with Crippen LogP contribution in [0.15, 0.2) is 78.2 Å². The van der Waals surface area contributed by atoms with Crippen LogP contribution < -0.4 is 20.1 Å². The molecule has 4 aromatic rings. The molecule has 0 fully saturated rings. The Morgan fingerprint density at radius 3 is 2.31 bits per heavy atom. The molecular weight excluding hydrogens is 462 g/mol. The Morgan fingerprint density at radius 1 is 0.914 bits per heavy atom. The molecule has 0 aliphatic carbocycles. The molecule has 0 bridgehead atoms. The van der Waals surface area contributed by atoms with E-state index in [9.17, 15) is 9.59 Å². The van der Waals surface area contributed by atoms with Crippen molar-refractivity contribution in [1.82, 2.24) is 4.98 Å². The number of nitrogens with one attached hydrogen (secondary N) is 2. The van der Waals surface area contributed by atoms with Gasteiger partial charge in [0.2, 0.25) is 5.91 Å². The van der Waals surface area contributed by atoms with Crippen molar-refractivity contribution in [2.24, 2.45) is 0 Å². The van der Waals surface area contributed by atoms with Gasteiger partial charge in [-0.05, 0) is 67.6 Å². The standard InChI is InChI=1S/C27H25N3O4S/c1-3-34-24-7-5-4-6-23(24)27-30-21(17-35-27)16-25(31)28-19-10-8-18(9-11-19)26(32)29-20-12-14-22(33-2)15-13-20/h4-15,17H,3,16H2,1-2H3,(H,28,31)(H,29,32). The lowest BCUT2D eigenvalue weighted by molar-refractivity contribution is -0.115. The van der Waals surface area contributed by atoms with Gasteiger partial charge in [-0.3, -0.25) is 9.59 Å². The van der Waals surface area contributed by atoms with Crippen LogP contribution in [0.3, 0.4) is 0 Å². The lowest BCUT2D eigenvalue weighted by atomic mass is 10.2. The summed E-state index contributed by atoms with van der Waals surface area (Å²) in [6.45, 7) is 2.51. The van der Waals surface area contributed by atoms with E-state index in [0.717, 1.165) is 16.3 Å². The van der Waals surface area contributed by atoms with Gasteiger partial charge in [0.05, 0.1) is 31.4 Å². The summed E-state index contributed by atoms with van der Waals surface area (Å²) in [6.07, 6.45) is 0.146. The molecule has 4 rings (SSSR count). The van der Waals surface area contributed by atoms with Crippen LogP contribution in [0.5, 0.6) is 11.5 Å². The highest BCUT2D eigenvalue weighted by Gasteiger charge is 2.13. The Hall–Kier alpha value is -4.17. The fourth-order valence-electron chi connectivity index (χ4n) is 3.39. The minimum absolute atomic E-state index is 0.146. The first-order valence-corrected chi connectivity index (χ1v) is 12.0. The van der Waals surface area contributed by atoms with Gasteiger partial charge in [-0.2, -0.15) is 0 Å². The molecule has 0 radical (unpaired) electrons. The third-order valence-corrected chi connectivity index (χ3v) is 6.01. The number of amides is 2. The monoisotopic (exact) mass is 487 g/mol. The number of benzene rings is 3. The van der Waals surface area contributed by atoms with E-state index in [2.05, 4.69) is 15.6 Å². The van der Waals surface area contributed by atoms with Gasteiger partial charge in [-0.1, -0.05) is 12.1 Å².